The van der Waals surface area contributed by atoms with Crippen LogP contribution in [0, 0.1) is 52.8 Å². The summed E-state index contributed by atoms with van der Waals surface area (Å²) in [4.78, 5) is 36.6. The fourth-order valence-electron chi connectivity index (χ4n) is 9.50. The van der Waals surface area contributed by atoms with Gasteiger partial charge in [-0.25, -0.2) is 0 Å². The summed E-state index contributed by atoms with van der Waals surface area (Å²) in [7, 11) is 0. The molecule has 306 valence electrons. The number of aromatic amines is 1. The van der Waals surface area contributed by atoms with E-state index in [0.717, 1.165) is 22.7 Å². The quantitative estimate of drug-likeness (QED) is 0.128. The number of hydrogen-bond acceptors (Lipinski definition) is 9. The van der Waals surface area contributed by atoms with Crippen molar-refractivity contribution in [2.24, 2.45) is 29.1 Å². The number of aromatic nitrogens is 2. The van der Waals surface area contributed by atoms with Crippen molar-refractivity contribution in [1.29, 1.82) is 0 Å². The number of benzene rings is 1. The number of pyridine rings is 1. The fourth-order valence-corrected chi connectivity index (χ4v) is 9.50. The summed E-state index contributed by atoms with van der Waals surface area (Å²) in [6.45, 7) is 14.5. The van der Waals surface area contributed by atoms with Crippen molar-refractivity contribution in [1.82, 2.24) is 9.97 Å². The number of aliphatic hydroxyl groups is 2. The molecule has 2 aromatic heterocycles. The second-order valence-corrected chi connectivity index (χ2v) is 17.5. The maximum Gasteiger partial charge on any atom is 0.192 e. The largest absolute Gasteiger partial charge is 0.508 e. The van der Waals surface area contributed by atoms with E-state index in [-0.39, 0.29) is 42.3 Å². The highest BCUT2D eigenvalue weighted by molar-refractivity contribution is 6.16. The van der Waals surface area contributed by atoms with Crippen molar-refractivity contribution in [3.8, 4) is 29.4 Å². The third kappa shape index (κ3) is 7.70. The minimum absolute atomic E-state index is 0.0527. The van der Waals surface area contributed by atoms with Crippen molar-refractivity contribution < 1.29 is 39.1 Å². The monoisotopic (exact) mass is 788 g/mol. The van der Waals surface area contributed by atoms with Crippen LogP contribution in [0.25, 0.3) is 21.8 Å². The Kier molecular flexibility index (Phi) is 11.9. The second kappa shape index (κ2) is 16.6. The van der Waals surface area contributed by atoms with Gasteiger partial charge >= 0.3 is 0 Å². The van der Waals surface area contributed by atoms with Gasteiger partial charge in [-0.3, -0.25) is 14.6 Å². The second-order valence-electron chi connectivity index (χ2n) is 17.5. The Balaban J connectivity index is 1.29. The number of fused-ring (bicyclic) bond motifs is 5. The van der Waals surface area contributed by atoms with Crippen molar-refractivity contribution in [3.63, 3.8) is 0 Å². The third-order valence-corrected chi connectivity index (χ3v) is 13.1. The Morgan fingerprint density at radius 1 is 1.14 bits per heavy atom. The number of allylic oxidation sites excluding steroid dienone is 4. The molecule has 58 heavy (non-hydrogen) atoms. The van der Waals surface area contributed by atoms with Crippen LogP contribution in [0.5, 0.6) is 5.75 Å². The maximum absolute atomic E-state index is 15.0. The molecule has 2 bridgehead atoms. The van der Waals surface area contributed by atoms with Gasteiger partial charge in [0.15, 0.2) is 17.9 Å². The van der Waals surface area contributed by atoms with E-state index in [1.54, 1.807) is 56.5 Å². The van der Waals surface area contributed by atoms with Gasteiger partial charge in [-0.15, -0.1) is 0 Å². The van der Waals surface area contributed by atoms with Gasteiger partial charge in [-0.1, -0.05) is 64.4 Å². The Morgan fingerprint density at radius 3 is 2.66 bits per heavy atom. The highest BCUT2D eigenvalue weighted by Crippen LogP contribution is 2.49. The molecule has 3 aliphatic carbocycles. The summed E-state index contributed by atoms with van der Waals surface area (Å²) in [5.74, 6) is 12.4. The summed E-state index contributed by atoms with van der Waals surface area (Å²) < 4.78 is 20.2. The number of rotatable bonds is 9. The van der Waals surface area contributed by atoms with Crippen LogP contribution in [0.4, 0.5) is 0 Å². The normalized spacial score (nSPS) is 34.0. The molecule has 0 radical (unpaired) electrons. The van der Waals surface area contributed by atoms with Crippen molar-refractivity contribution in [3.05, 3.63) is 71.1 Å². The van der Waals surface area contributed by atoms with Crippen LogP contribution in [0.15, 0.2) is 65.4 Å². The molecule has 4 N–H and O–H groups in total. The fraction of sp³-hybridized carbons (Fsp3) is 0.521. The zero-order valence-electron chi connectivity index (χ0n) is 34.6. The van der Waals surface area contributed by atoms with Crippen LogP contribution in [0.2, 0.25) is 0 Å². The minimum Gasteiger partial charge on any atom is -0.508 e. The van der Waals surface area contributed by atoms with Crippen molar-refractivity contribution >= 4 is 33.4 Å². The molecule has 10 heteroatoms. The average Bonchev–Trinajstić information content (AvgIpc) is 3.54. The Labute approximate surface area is 341 Å². The first kappa shape index (κ1) is 41.6. The van der Waals surface area contributed by atoms with E-state index in [1.165, 1.54) is 0 Å². The lowest BCUT2D eigenvalue weighted by atomic mass is 9.61. The molecule has 2 fully saturated rings. The molecule has 1 aromatic carbocycles. The highest BCUT2D eigenvalue weighted by atomic mass is 16.7. The summed E-state index contributed by atoms with van der Waals surface area (Å²) >= 11 is 0. The zero-order chi connectivity index (χ0) is 41.5. The van der Waals surface area contributed by atoms with Gasteiger partial charge in [-0.2, -0.15) is 0 Å². The van der Waals surface area contributed by atoms with E-state index in [2.05, 4.69) is 54.4 Å². The average molecular weight is 789 g/mol. The van der Waals surface area contributed by atoms with Crippen LogP contribution in [0.3, 0.4) is 0 Å². The van der Waals surface area contributed by atoms with Crippen LogP contribution >= 0.6 is 0 Å². The minimum atomic E-state index is -1.54. The van der Waals surface area contributed by atoms with E-state index in [9.17, 15) is 20.1 Å². The number of aromatic hydroxyl groups is 1. The number of carbonyl (C=O) groups excluding carboxylic acids is 2. The first-order valence-corrected chi connectivity index (χ1v) is 20.7. The predicted molar refractivity (Wildman–Crippen MR) is 222 cm³/mol. The van der Waals surface area contributed by atoms with E-state index in [0.29, 0.717) is 59.4 Å². The Bertz CT molecular complexity index is 2310. The van der Waals surface area contributed by atoms with Crippen LogP contribution in [-0.4, -0.2) is 79.8 Å². The summed E-state index contributed by atoms with van der Waals surface area (Å²) in [5, 5.41) is 36.5. The molecular weight excluding hydrogens is 733 g/mol. The molecule has 1 saturated heterocycles. The van der Waals surface area contributed by atoms with E-state index in [1.807, 2.05) is 19.9 Å². The number of phenols is 1. The summed E-state index contributed by atoms with van der Waals surface area (Å²) in [6.07, 6.45) is 4.25. The number of hydrogen-bond donors (Lipinski definition) is 4. The van der Waals surface area contributed by atoms with Crippen LogP contribution < -0.4 is 0 Å². The van der Waals surface area contributed by atoms with Crippen molar-refractivity contribution in [2.75, 3.05) is 6.61 Å². The van der Waals surface area contributed by atoms with Crippen LogP contribution in [0.1, 0.15) is 97.5 Å². The predicted octanol–water partition coefficient (Wildman–Crippen LogP) is 7.52. The molecule has 4 aliphatic rings. The number of carbonyl (C=O) groups is 2. The SMILES string of the molecule is CC/C=C1\C2=C(C)C(=O)C[C@@]1(O)CC#C/C=C\C#C[C@@H]2OC1CC(C)C(C)(C(=O)c2nccc3c2[nH]c2ccc(O)cc23)C(O)C1OC1CC(C)C(CC(C)C)CO1. The molecule has 0 amide bonds. The smallest absolute Gasteiger partial charge is 0.192 e. The highest BCUT2D eigenvalue weighted by Gasteiger charge is 2.57. The molecular formula is C48H56N2O8. The van der Waals surface area contributed by atoms with Gasteiger partial charge in [0, 0.05) is 47.3 Å². The Morgan fingerprint density at radius 2 is 1.91 bits per heavy atom. The van der Waals surface area contributed by atoms with E-state index in [4.69, 9.17) is 14.2 Å². The number of aliphatic hydroxyl groups excluding tert-OH is 1. The van der Waals surface area contributed by atoms with Gasteiger partial charge in [0.2, 0.25) is 0 Å². The van der Waals surface area contributed by atoms with E-state index >= 15 is 4.79 Å². The molecule has 8 unspecified atom stereocenters. The number of nitrogens with zero attached hydrogens (tertiary/aromatic N) is 1. The number of ether oxygens (including phenoxy) is 3. The van der Waals surface area contributed by atoms with Gasteiger partial charge in [0.05, 0.1) is 29.7 Å². The molecule has 0 spiro atoms. The molecule has 7 rings (SSSR count). The number of nitrogens with one attached hydrogen (secondary N) is 1. The van der Waals surface area contributed by atoms with Crippen LogP contribution in [-0.2, 0) is 19.0 Å². The molecule has 1 aliphatic heterocycles. The standard InChI is InChI=1S/C48H56N2O8/c1-8-14-35-41-30(6)37(52)25-48(35,55)19-13-11-9-10-12-15-38(41)57-39-23-29(5)47(7,46(54)44(39)58-40-22-28(4)31(26-56-40)21-27(2)3)45(53)43-42-33(18-20-49-43)34-24-32(51)16-17-36(34)50-42/h9-10,14,16-18,20,24,27-29,31,38-40,44,46,50-51,54-55H,8,19,21-23,25-26H2,1-7H3/b10-9-,35-14+/t28?,29?,31?,38-,39?,40?,44?,46?,47?,48-/m0/s1. The Hall–Kier alpha value is -4.55. The lowest BCUT2D eigenvalue weighted by Crippen LogP contribution is -2.62. The lowest BCUT2D eigenvalue weighted by Gasteiger charge is -2.51. The lowest BCUT2D eigenvalue weighted by molar-refractivity contribution is -0.271. The summed E-state index contributed by atoms with van der Waals surface area (Å²) in [5.41, 5.74) is 0.0166. The zero-order valence-corrected chi connectivity index (χ0v) is 34.6. The number of phenolic OH excluding ortho intramolecular Hbond substituents is 1. The third-order valence-electron chi connectivity index (χ3n) is 13.1. The van der Waals surface area contributed by atoms with E-state index < -0.39 is 47.6 Å². The first-order chi connectivity index (χ1) is 27.7. The summed E-state index contributed by atoms with van der Waals surface area (Å²) in [6, 6.07) is 6.79. The number of ketones is 2. The first-order valence-electron chi connectivity index (χ1n) is 20.7. The molecule has 3 aromatic rings. The topological polar surface area (TPSA) is 151 Å². The van der Waals surface area contributed by atoms with Gasteiger partial charge in [-0.05, 0) is 104 Å². The molecule has 1 saturated carbocycles. The molecule has 10 nitrogen and oxygen atoms in total. The number of Topliss-reactive ketones (excluding diaryl/α,β-unsaturated/α-hetero) is 2. The van der Waals surface area contributed by atoms with Gasteiger partial charge < -0.3 is 34.5 Å². The molecule has 10 atom stereocenters. The van der Waals surface area contributed by atoms with Gasteiger partial charge in [0.25, 0.3) is 0 Å². The van der Waals surface area contributed by atoms with Gasteiger partial charge in [0.1, 0.15) is 29.3 Å². The number of H-pyrrole nitrogens is 1. The van der Waals surface area contributed by atoms with Crippen molar-refractivity contribution in [2.45, 2.75) is 123 Å². The maximum atomic E-state index is 15.0. The molecule has 3 heterocycles.